The molecule has 0 amide bonds. The molecule has 13 heteroatoms. The summed E-state index contributed by atoms with van der Waals surface area (Å²) < 4.78 is 3.72. The predicted octanol–water partition coefficient (Wildman–Crippen LogP) is 1.22. The van der Waals surface area contributed by atoms with Gasteiger partial charge in [0.1, 0.15) is 0 Å². The highest BCUT2D eigenvalue weighted by Crippen LogP contribution is 2.20. The molecule has 0 fully saturated rings. The lowest BCUT2D eigenvalue weighted by Crippen LogP contribution is -2.70. The highest BCUT2D eigenvalue weighted by atomic mass is 16.2. The minimum atomic E-state index is -3.76. The van der Waals surface area contributed by atoms with Crippen LogP contribution in [0.15, 0.2) is 74.9 Å². The van der Waals surface area contributed by atoms with E-state index in [4.69, 9.17) is 0 Å². The van der Waals surface area contributed by atoms with Gasteiger partial charge in [-0.2, -0.15) is 0 Å². The molecule has 0 N–H and O–H groups in total. The SMILES string of the molecule is O=C(n1ccnc1)[B-](C(=O)n1ccnc1)(C(=O)n1ccnc1)C(=O)n1ccnc1. The van der Waals surface area contributed by atoms with Gasteiger partial charge in [0.15, 0.2) is 0 Å². The summed E-state index contributed by atoms with van der Waals surface area (Å²) in [4.78, 5) is 69.2. The maximum Gasteiger partial charge on any atom is 0.364 e. The molecule has 0 aromatic carbocycles. The molecule has 0 unspecified atom stereocenters. The first-order valence-corrected chi connectivity index (χ1v) is 8.33. The molecule has 0 aliphatic rings. The minimum Gasteiger partial charge on any atom is -0.321 e. The largest absolute Gasteiger partial charge is 0.364 e. The maximum absolute atomic E-state index is 13.5. The third-order valence-electron chi connectivity index (χ3n) is 4.52. The summed E-state index contributed by atoms with van der Waals surface area (Å²) in [7, 11) is 0. The van der Waals surface area contributed by atoms with Crippen molar-refractivity contribution in [3.8, 4) is 0 Å². The Balaban J connectivity index is 2.01. The molecule has 12 nitrogen and oxygen atoms in total. The number of nitrogens with zero attached hydrogens (tertiary/aromatic N) is 8. The summed E-state index contributed by atoms with van der Waals surface area (Å²) in [5.41, 5.74) is 0. The quantitative estimate of drug-likeness (QED) is 0.473. The van der Waals surface area contributed by atoms with E-state index in [0.717, 1.165) is 43.6 Å². The van der Waals surface area contributed by atoms with Crippen LogP contribution in [0.25, 0.3) is 0 Å². The number of imidazole rings is 4. The van der Waals surface area contributed by atoms with E-state index in [9.17, 15) is 19.2 Å². The van der Waals surface area contributed by atoms with Crippen molar-refractivity contribution in [2.24, 2.45) is 0 Å². The lowest BCUT2D eigenvalue weighted by atomic mass is 9.21. The van der Waals surface area contributed by atoms with Crippen molar-refractivity contribution < 1.29 is 19.2 Å². The molecular formula is C16H12BN8O4-. The van der Waals surface area contributed by atoms with Gasteiger partial charge in [-0.3, -0.25) is 0 Å². The van der Waals surface area contributed by atoms with E-state index in [-0.39, 0.29) is 0 Å². The summed E-state index contributed by atoms with van der Waals surface area (Å²) in [6, 6.07) is 0. The second-order valence-electron chi connectivity index (χ2n) is 6.10. The van der Waals surface area contributed by atoms with Gasteiger partial charge in [-0.1, -0.05) is 0 Å². The van der Waals surface area contributed by atoms with Gasteiger partial charge in [0.05, 0.1) is 48.5 Å². The molecule has 0 saturated heterocycles. The Hall–Kier alpha value is -4.42. The number of hydrogen-bond acceptors (Lipinski definition) is 8. The van der Waals surface area contributed by atoms with Gasteiger partial charge in [-0.25, -0.2) is 19.9 Å². The Morgan fingerprint density at radius 3 is 0.897 bits per heavy atom. The lowest BCUT2D eigenvalue weighted by Gasteiger charge is -2.34. The summed E-state index contributed by atoms with van der Waals surface area (Å²) in [5.74, 6) is -4.17. The van der Waals surface area contributed by atoms with Crippen LogP contribution < -0.4 is 0 Å². The molecule has 4 rings (SSSR count). The lowest BCUT2D eigenvalue weighted by molar-refractivity contribution is 0.243. The van der Waals surface area contributed by atoms with E-state index in [2.05, 4.69) is 19.9 Å². The minimum absolute atomic E-state index is 0.929. The van der Waals surface area contributed by atoms with E-state index in [1.165, 1.54) is 49.6 Å². The van der Waals surface area contributed by atoms with Gasteiger partial charge in [0.2, 0.25) is 0 Å². The Morgan fingerprint density at radius 1 is 0.483 bits per heavy atom. The third-order valence-corrected chi connectivity index (χ3v) is 4.52. The van der Waals surface area contributed by atoms with E-state index in [1.54, 1.807) is 0 Å². The van der Waals surface area contributed by atoms with Crippen molar-refractivity contribution in [1.29, 1.82) is 0 Å². The monoisotopic (exact) mass is 391 g/mol. The van der Waals surface area contributed by atoms with Crippen molar-refractivity contribution in [2.45, 2.75) is 0 Å². The van der Waals surface area contributed by atoms with Gasteiger partial charge < -0.3 is 37.4 Å². The topological polar surface area (TPSA) is 140 Å². The molecule has 4 heterocycles. The predicted molar refractivity (Wildman–Crippen MR) is 97.8 cm³/mol. The molecule has 4 aromatic rings. The Kier molecular flexibility index (Phi) is 4.31. The molecule has 0 atom stereocenters. The zero-order valence-electron chi connectivity index (χ0n) is 14.7. The Labute approximate surface area is 162 Å². The highest BCUT2D eigenvalue weighted by Gasteiger charge is 2.56. The zero-order valence-corrected chi connectivity index (χ0v) is 14.7. The van der Waals surface area contributed by atoms with Crippen LogP contribution in [0.3, 0.4) is 0 Å². The van der Waals surface area contributed by atoms with Crippen molar-refractivity contribution in [3.63, 3.8) is 0 Å². The van der Waals surface area contributed by atoms with Gasteiger partial charge in [-0.05, 0) is 0 Å². The fraction of sp³-hybridized carbons (Fsp3) is 0. The maximum atomic E-state index is 13.5. The van der Waals surface area contributed by atoms with Crippen molar-refractivity contribution >= 4 is 29.4 Å². The van der Waals surface area contributed by atoms with Crippen LogP contribution in [-0.2, 0) is 0 Å². The van der Waals surface area contributed by atoms with Crippen LogP contribution >= 0.6 is 0 Å². The number of carbonyl (C=O) groups excluding carboxylic acids is 4. The van der Waals surface area contributed by atoms with E-state index >= 15 is 0 Å². The van der Waals surface area contributed by atoms with Crippen molar-refractivity contribution in [3.05, 3.63) is 74.9 Å². The normalized spacial score (nSPS) is 11.3. The average Bonchev–Trinajstić information content (AvgIpc) is 3.55. The van der Waals surface area contributed by atoms with E-state index < -0.39 is 29.4 Å². The summed E-state index contributed by atoms with van der Waals surface area (Å²) in [6.07, 6.45) is 10.9. The molecule has 0 aliphatic heterocycles. The van der Waals surface area contributed by atoms with Crippen LogP contribution in [0.5, 0.6) is 0 Å². The van der Waals surface area contributed by atoms with Gasteiger partial charge in [0.25, 0.3) is 0 Å². The molecule has 0 saturated carbocycles. The standard InChI is InChI=1S/C16H12BN8O4/c26-13(22-5-1-18-9-22)17(14(27)23-6-2-19-10-23,15(28)24-7-3-20-11-24)16(29)25-8-4-21-12-25/h1-12H/q-1. The summed E-state index contributed by atoms with van der Waals surface area (Å²) in [5, 5.41) is 0. The van der Waals surface area contributed by atoms with Crippen LogP contribution in [-0.4, -0.2) is 67.6 Å². The van der Waals surface area contributed by atoms with Crippen molar-refractivity contribution in [1.82, 2.24) is 38.2 Å². The molecule has 29 heavy (non-hydrogen) atoms. The number of hydrogen-bond donors (Lipinski definition) is 0. The smallest absolute Gasteiger partial charge is 0.321 e. The van der Waals surface area contributed by atoms with Gasteiger partial charge in [0, 0.05) is 49.6 Å². The highest BCUT2D eigenvalue weighted by molar-refractivity contribution is 7.53. The molecule has 0 radical (unpaired) electrons. The molecule has 0 spiro atoms. The fourth-order valence-corrected chi connectivity index (χ4v) is 3.09. The molecule has 144 valence electrons. The number of aromatic nitrogens is 8. The second-order valence-corrected chi connectivity index (χ2v) is 6.10. The Bertz CT molecular complexity index is 974. The first-order chi connectivity index (χ1) is 14.1. The summed E-state index contributed by atoms with van der Waals surface area (Å²) in [6.45, 7) is 0. The van der Waals surface area contributed by atoms with Crippen molar-refractivity contribution in [2.75, 3.05) is 0 Å². The van der Waals surface area contributed by atoms with Gasteiger partial charge in [-0.15, -0.1) is 0 Å². The van der Waals surface area contributed by atoms with Crippen LogP contribution in [0.2, 0.25) is 0 Å². The van der Waals surface area contributed by atoms with Crippen LogP contribution in [0.4, 0.5) is 19.2 Å². The molecule has 0 aliphatic carbocycles. The van der Waals surface area contributed by atoms with E-state index in [0.29, 0.717) is 0 Å². The fourth-order valence-electron chi connectivity index (χ4n) is 3.09. The number of rotatable bonds is 4. The summed E-state index contributed by atoms with van der Waals surface area (Å²) >= 11 is 0. The molecule has 0 bridgehead atoms. The third kappa shape index (κ3) is 2.72. The second kappa shape index (κ2) is 6.96. The first kappa shape index (κ1) is 18.0. The molecule has 4 aromatic heterocycles. The van der Waals surface area contributed by atoms with Gasteiger partial charge >= 0.3 is 6.15 Å². The number of carbonyl (C=O) groups is 4. The first-order valence-electron chi connectivity index (χ1n) is 8.33. The average molecular weight is 391 g/mol. The van der Waals surface area contributed by atoms with E-state index in [1.807, 2.05) is 0 Å². The van der Waals surface area contributed by atoms with Crippen LogP contribution in [0.1, 0.15) is 0 Å². The van der Waals surface area contributed by atoms with Crippen LogP contribution in [0, 0.1) is 0 Å². The zero-order chi connectivity index (χ0) is 20.4. The molecular weight excluding hydrogens is 379 g/mol. The Morgan fingerprint density at radius 2 is 0.724 bits per heavy atom.